The topological polar surface area (TPSA) is 80.5 Å². The van der Waals surface area contributed by atoms with Gasteiger partial charge in [-0.05, 0) is 18.6 Å². The molecule has 0 spiro atoms. The van der Waals surface area contributed by atoms with Crippen LogP contribution in [0.2, 0.25) is 0 Å². The van der Waals surface area contributed by atoms with Gasteiger partial charge < -0.3 is 10.7 Å². The van der Waals surface area contributed by atoms with Gasteiger partial charge in [0.15, 0.2) is 11.5 Å². The Bertz CT molecular complexity index is 488. The lowest BCUT2D eigenvalue weighted by Gasteiger charge is -2.01. The Morgan fingerprint density at radius 1 is 1.47 bits per heavy atom. The molecule has 1 unspecified atom stereocenters. The molecular formula is C9H11N5S. The van der Waals surface area contributed by atoms with E-state index >= 15 is 0 Å². The third-order valence-corrected chi connectivity index (χ3v) is 3.96. The highest BCUT2D eigenvalue weighted by Crippen LogP contribution is 2.38. The van der Waals surface area contributed by atoms with Crippen molar-refractivity contribution in [3.63, 3.8) is 0 Å². The Labute approximate surface area is 90.9 Å². The van der Waals surface area contributed by atoms with Gasteiger partial charge in [-0.15, -0.1) is 0 Å². The van der Waals surface area contributed by atoms with Crippen molar-refractivity contribution in [2.75, 3.05) is 11.5 Å². The molecule has 3 rings (SSSR count). The van der Waals surface area contributed by atoms with Gasteiger partial charge in [-0.2, -0.15) is 11.8 Å². The van der Waals surface area contributed by atoms with Crippen LogP contribution in [0.3, 0.4) is 0 Å². The number of aromatic nitrogens is 4. The van der Waals surface area contributed by atoms with Gasteiger partial charge in [0.2, 0.25) is 0 Å². The molecule has 6 heteroatoms. The second-order valence-electron chi connectivity index (χ2n) is 3.58. The van der Waals surface area contributed by atoms with Crippen LogP contribution in [0.4, 0.5) is 5.82 Å². The number of fused-ring (bicyclic) bond motifs is 1. The van der Waals surface area contributed by atoms with Crippen LogP contribution in [0, 0.1) is 0 Å². The predicted octanol–water partition coefficient (Wildman–Crippen LogP) is 1.50. The SMILES string of the molecule is Nc1ncnc2nc(C3CCCS3)[nH]c12. The molecule has 0 radical (unpaired) electrons. The summed E-state index contributed by atoms with van der Waals surface area (Å²) in [7, 11) is 0. The zero-order valence-corrected chi connectivity index (χ0v) is 8.92. The molecule has 15 heavy (non-hydrogen) atoms. The van der Waals surface area contributed by atoms with Gasteiger partial charge in [0, 0.05) is 0 Å². The highest BCUT2D eigenvalue weighted by molar-refractivity contribution is 7.99. The van der Waals surface area contributed by atoms with Crippen LogP contribution in [0.15, 0.2) is 6.33 Å². The Morgan fingerprint density at radius 3 is 3.13 bits per heavy atom. The number of rotatable bonds is 1. The smallest absolute Gasteiger partial charge is 0.183 e. The van der Waals surface area contributed by atoms with Crippen molar-refractivity contribution in [3.8, 4) is 0 Å². The van der Waals surface area contributed by atoms with Crippen LogP contribution < -0.4 is 5.73 Å². The summed E-state index contributed by atoms with van der Waals surface area (Å²) in [6.07, 6.45) is 3.88. The first-order valence-corrected chi connectivity index (χ1v) is 5.97. The molecule has 0 saturated carbocycles. The molecule has 0 aromatic carbocycles. The molecule has 0 bridgehead atoms. The summed E-state index contributed by atoms with van der Waals surface area (Å²) >= 11 is 1.93. The normalized spacial score (nSPS) is 21.2. The Kier molecular flexibility index (Phi) is 2.02. The first-order valence-electron chi connectivity index (χ1n) is 4.92. The molecule has 2 aromatic rings. The molecule has 0 amide bonds. The third-order valence-electron chi connectivity index (χ3n) is 2.57. The maximum atomic E-state index is 5.74. The van der Waals surface area contributed by atoms with E-state index in [0.717, 1.165) is 11.3 Å². The molecule has 3 heterocycles. The van der Waals surface area contributed by atoms with Gasteiger partial charge in [-0.1, -0.05) is 0 Å². The number of H-pyrrole nitrogens is 1. The van der Waals surface area contributed by atoms with Crippen LogP contribution in [0.25, 0.3) is 11.2 Å². The molecule has 0 aliphatic carbocycles. The number of thioether (sulfide) groups is 1. The Morgan fingerprint density at radius 2 is 2.40 bits per heavy atom. The minimum absolute atomic E-state index is 0.471. The summed E-state index contributed by atoms with van der Waals surface area (Å²) in [5, 5.41) is 0.471. The molecular weight excluding hydrogens is 210 g/mol. The Hall–Kier alpha value is -1.30. The number of imidazole rings is 1. The third kappa shape index (κ3) is 1.45. The fourth-order valence-corrected chi connectivity index (χ4v) is 3.03. The summed E-state index contributed by atoms with van der Waals surface area (Å²) in [6, 6.07) is 0. The monoisotopic (exact) mass is 221 g/mol. The number of nitrogens with one attached hydrogen (secondary N) is 1. The quantitative estimate of drug-likeness (QED) is 0.762. The lowest BCUT2D eigenvalue weighted by molar-refractivity contribution is 0.792. The van der Waals surface area contributed by atoms with E-state index in [0.29, 0.717) is 16.7 Å². The van der Waals surface area contributed by atoms with Crippen LogP contribution in [-0.4, -0.2) is 25.7 Å². The molecule has 5 nitrogen and oxygen atoms in total. The maximum Gasteiger partial charge on any atom is 0.183 e. The second-order valence-corrected chi connectivity index (χ2v) is 4.89. The van der Waals surface area contributed by atoms with Gasteiger partial charge in [0.25, 0.3) is 0 Å². The molecule has 78 valence electrons. The van der Waals surface area contributed by atoms with E-state index in [2.05, 4.69) is 19.9 Å². The number of hydrogen-bond donors (Lipinski definition) is 2. The van der Waals surface area contributed by atoms with E-state index in [9.17, 15) is 0 Å². The average molecular weight is 221 g/mol. The molecule has 1 fully saturated rings. The van der Waals surface area contributed by atoms with Crippen LogP contribution in [0.1, 0.15) is 23.9 Å². The summed E-state index contributed by atoms with van der Waals surface area (Å²) in [4.78, 5) is 15.7. The van der Waals surface area contributed by atoms with Crippen LogP contribution in [-0.2, 0) is 0 Å². The molecule has 1 saturated heterocycles. The number of anilines is 1. The van der Waals surface area contributed by atoms with Crippen molar-refractivity contribution in [1.82, 2.24) is 19.9 Å². The molecule has 2 aromatic heterocycles. The standard InChI is InChI=1S/C9H11N5S/c10-7-6-9(12-4-11-7)14-8(13-6)5-2-1-3-15-5/h4-5H,1-3H2,(H3,10,11,12,13,14). The Balaban J connectivity index is 2.09. The maximum absolute atomic E-state index is 5.74. The lowest BCUT2D eigenvalue weighted by atomic mass is 10.2. The zero-order valence-electron chi connectivity index (χ0n) is 8.10. The molecule has 1 aliphatic heterocycles. The van der Waals surface area contributed by atoms with E-state index in [1.807, 2.05) is 11.8 Å². The van der Waals surface area contributed by atoms with Gasteiger partial charge >= 0.3 is 0 Å². The highest BCUT2D eigenvalue weighted by Gasteiger charge is 2.21. The number of nitrogens with two attached hydrogens (primary N) is 1. The number of hydrogen-bond acceptors (Lipinski definition) is 5. The number of aromatic amines is 1. The number of nitrogens with zero attached hydrogens (tertiary/aromatic N) is 3. The van der Waals surface area contributed by atoms with Gasteiger partial charge in [0.1, 0.15) is 17.7 Å². The van der Waals surface area contributed by atoms with E-state index < -0.39 is 0 Å². The average Bonchev–Trinajstić information content (AvgIpc) is 2.86. The van der Waals surface area contributed by atoms with E-state index in [4.69, 9.17) is 5.73 Å². The van der Waals surface area contributed by atoms with Crippen LogP contribution in [0.5, 0.6) is 0 Å². The lowest BCUT2D eigenvalue weighted by Crippen LogP contribution is -1.92. The number of nitrogen functional groups attached to an aromatic ring is 1. The highest BCUT2D eigenvalue weighted by atomic mass is 32.2. The summed E-state index contributed by atoms with van der Waals surface area (Å²) < 4.78 is 0. The van der Waals surface area contributed by atoms with Crippen molar-refractivity contribution in [1.29, 1.82) is 0 Å². The van der Waals surface area contributed by atoms with E-state index in [1.165, 1.54) is 24.9 Å². The van der Waals surface area contributed by atoms with Crippen molar-refractivity contribution < 1.29 is 0 Å². The van der Waals surface area contributed by atoms with Crippen molar-refractivity contribution >= 4 is 28.7 Å². The van der Waals surface area contributed by atoms with Gasteiger partial charge in [-0.3, -0.25) is 0 Å². The molecule has 1 aliphatic rings. The van der Waals surface area contributed by atoms with E-state index in [-0.39, 0.29) is 0 Å². The second kappa shape index (κ2) is 3.37. The minimum atomic E-state index is 0.471. The predicted molar refractivity (Wildman–Crippen MR) is 60.5 cm³/mol. The fraction of sp³-hybridized carbons (Fsp3) is 0.444. The van der Waals surface area contributed by atoms with Crippen molar-refractivity contribution in [2.24, 2.45) is 0 Å². The summed E-state index contributed by atoms with van der Waals surface area (Å²) in [5.74, 6) is 2.67. The van der Waals surface area contributed by atoms with Gasteiger partial charge in [0.05, 0.1) is 5.25 Å². The summed E-state index contributed by atoms with van der Waals surface area (Å²) in [6.45, 7) is 0. The molecule has 3 N–H and O–H groups in total. The van der Waals surface area contributed by atoms with Gasteiger partial charge in [-0.25, -0.2) is 15.0 Å². The minimum Gasteiger partial charge on any atom is -0.382 e. The van der Waals surface area contributed by atoms with Crippen molar-refractivity contribution in [2.45, 2.75) is 18.1 Å². The zero-order chi connectivity index (χ0) is 10.3. The van der Waals surface area contributed by atoms with Crippen molar-refractivity contribution in [3.05, 3.63) is 12.2 Å². The first-order chi connectivity index (χ1) is 7.34. The largest absolute Gasteiger partial charge is 0.382 e. The molecule has 1 atom stereocenters. The fourth-order valence-electron chi connectivity index (χ4n) is 1.81. The van der Waals surface area contributed by atoms with Crippen LogP contribution >= 0.6 is 11.8 Å². The summed E-state index contributed by atoms with van der Waals surface area (Å²) in [5.41, 5.74) is 7.17. The van der Waals surface area contributed by atoms with E-state index in [1.54, 1.807) is 0 Å². The first kappa shape index (κ1) is 8.96.